The number of hydrogen-bond acceptors (Lipinski definition) is 4. The second-order valence-electron chi connectivity index (χ2n) is 11.7. The molecule has 0 radical (unpaired) electrons. The zero-order valence-corrected chi connectivity index (χ0v) is 24.0. The Morgan fingerprint density at radius 3 is 2.54 bits per heavy atom. The van der Waals surface area contributed by atoms with Crippen LogP contribution in [0.4, 0.5) is 18.0 Å². The first-order valence-corrected chi connectivity index (χ1v) is 14.1. The lowest BCUT2D eigenvalue weighted by Gasteiger charge is -2.41. The summed E-state index contributed by atoms with van der Waals surface area (Å²) in [6.07, 6.45) is 3.32. The van der Waals surface area contributed by atoms with Gasteiger partial charge in [0, 0.05) is 50.1 Å². The van der Waals surface area contributed by atoms with Crippen molar-refractivity contribution in [3.63, 3.8) is 0 Å². The molecule has 0 bridgehead atoms. The number of aromatic nitrogens is 2. The molecule has 0 spiro atoms. The number of amides is 2. The Kier molecular flexibility index (Phi) is 10.1. The number of imidazole rings is 1. The van der Waals surface area contributed by atoms with Gasteiger partial charge in [-0.2, -0.15) is 0 Å². The molecular formula is C31H40F3N5O2. The van der Waals surface area contributed by atoms with E-state index in [0.717, 1.165) is 23.8 Å². The Bertz CT molecular complexity index is 1290. The van der Waals surface area contributed by atoms with Crippen LogP contribution in [0.5, 0.6) is 0 Å². The summed E-state index contributed by atoms with van der Waals surface area (Å²) in [7, 11) is 0. The van der Waals surface area contributed by atoms with E-state index in [2.05, 4.69) is 5.32 Å². The Balaban J connectivity index is 1.82. The molecule has 2 atom stereocenters. The maximum atomic E-state index is 14.9. The minimum absolute atomic E-state index is 0.0309. The zero-order valence-electron chi connectivity index (χ0n) is 24.0. The van der Waals surface area contributed by atoms with Crippen LogP contribution in [0.3, 0.4) is 0 Å². The van der Waals surface area contributed by atoms with Gasteiger partial charge in [0.05, 0.1) is 11.7 Å². The summed E-state index contributed by atoms with van der Waals surface area (Å²) in [5, 5.41) is 3.13. The molecule has 4 rings (SSSR count). The summed E-state index contributed by atoms with van der Waals surface area (Å²) in [5.74, 6) is -0.667. The number of benzene rings is 2. The van der Waals surface area contributed by atoms with Gasteiger partial charge in [0.1, 0.15) is 24.1 Å². The van der Waals surface area contributed by atoms with Crippen LogP contribution < -0.4 is 11.1 Å². The maximum absolute atomic E-state index is 14.9. The predicted molar refractivity (Wildman–Crippen MR) is 153 cm³/mol. The summed E-state index contributed by atoms with van der Waals surface area (Å²) < 4.78 is 49.8. The molecule has 1 fully saturated rings. The minimum Gasteiger partial charge on any atom is -0.381 e. The lowest BCUT2D eigenvalue weighted by atomic mass is 9.84. The molecule has 41 heavy (non-hydrogen) atoms. The molecule has 222 valence electrons. The van der Waals surface area contributed by atoms with E-state index in [1.807, 2.05) is 55.7 Å². The Morgan fingerprint density at radius 1 is 1.17 bits per heavy atom. The van der Waals surface area contributed by atoms with Gasteiger partial charge in [0.15, 0.2) is 0 Å². The molecule has 3 N–H and O–H groups in total. The highest BCUT2D eigenvalue weighted by Crippen LogP contribution is 2.39. The van der Waals surface area contributed by atoms with Gasteiger partial charge in [0.2, 0.25) is 0 Å². The highest BCUT2D eigenvalue weighted by molar-refractivity contribution is 5.75. The number of rotatable bonds is 10. The summed E-state index contributed by atoms with van der Waals surface area (Å²) >= 11 is 0. The fraction of sp³-hybridized carbons (Fsp3) is 0.484. The highest BCUT2D eigenvalue weighted by atomic mass is 19.1. The molecule has 0 aliphatic carbocycles. The van der Waals surface area contributed by atoms with Crippen molar-refractivity contribution in [2.75, 3.05) is 26.4 Å². The molecule has 7 nitrogen and oxygen atoms in total. The number of nitrogens with one attached hydrogen (secondary N) is 1. The topological polar surface area (TPSA) is 85.4 Å². The predicted octanol–water partition coefficient (Wildman–Crippen LogP) is 5.84. The maximum Gasteiger partial charge on any atom is 0.318 e. The third-order valence-corrected chi connectivity index (χ3v) is 7.33. The molecule has 1 aliphatic heterocycles. The number of carbonyl (C=O) groups excluding carboxylic acids is 1. The Morgan fingerprint density at radius 2 is 1.88 bits per heavy atom. The number of alkyl halides is 1. The van der Waals surface area contributed by atoms with Crippen molar-refractivity contribution in [3.8, 4) is 11.3 Å². The highest BCUT2D eigenvalue weighted by Gasteiger charge is 2.39. The van der Waals surface area contributed by atoms with Gasteiger partial charge in [-0.15, -0.1) is 0 Å². The van der Waals surface area contributed by atoms with E-state index >= 15 is 0 Å². The van der Waals surface area contributed by atoms with E-state index in [1.54, 1.807) is 11.1 Å². The van der Waals surface area contributed by atoms with Crippen molar-refractivity contribution in [1.82, 2.24) is 19.8 Å². The summed E-state index contributed by atoms with van der Waals surface area (Å²) in [4.78, 5) is 20.4. The number of hydrogen-bond donors (Lipinski definition) is 2. The SMILES string of the molecule is CC(C)(C)[C@H](c1nc(-c2cc(F)ccc2F)cn1Cc1ccccc1)N(CCC(N)CF)C(=O)NC1CCOCC1. The van der Waals surface area contributed by atoms with E-state index in [1.165, 1.54) is 0 Å². The third kappa shape index (κ3) is 7.89. The van der Waals surface area contributed by atoms with Crippen LogP contribution in [0.2, 0.25) is 0 Å². The van der Waals surface area contributed by atoms with E-state index in [4.69, 9.17) is 15.5 Å². The van der Waals surface area contributed by atoms with Gasteiger partial charge in [0.25, 0.3) is 0 Å². The van der Waals surface area contributed by atoms with Crippen LogP contribution in [0.1, 0.15) is 57.5 Å². The largest absolute Gasteiger partial charge is 0.381 e. The molecule has 1 unspecified atom stereocenters. The fourth-order valence-corrected chi connectivity index (χ4v) is 5.20. The van der Waals surface area contributed by atoms with Crippen molar-refractivity contribution in [1.29, 1.82) is 0 Å². The first kappa shape index (κ1) is 30.6. The average Bonchev–Trinajstić information content (AvgIpc) is 3.34. The first-order valence-electron chi connectivity index (χ1n) is 14.1. The second-order valence-corrected chi connectivity index (χ2v) is 11.7. The summed E-state index contributed by atoms with van der Waals surface area (Å²) in [6, 6.07) is 11.3. The molecule has 2 heterocycles. The molecular weight excluding hydrogens is 531 g/mol. The number of halogens is 3. The van der Waals surface area contributed by atoms with Gasteiger partial charge < -0.3 is 25.3 Å². The van der Waals surface area contributed by atoms with Gasteiger partial charge >= 0.3 is 6.03 Å². The lowest BCUT2D eigenvalue weighted by molar-refractivity contribution is 0.0706. The molecule has 10 heteroatoms. The van der Waals surface area contributed by atoms with Crippen LogP contribution in [-0.2, 0) is 11.3 Å². The van der Waals surface area contributed by atoms with Gasteiger partial charge in [-0.05, 0) is 48.4 Å². The third-order valence-electron chi connectivity index (χ3n) is 7.33. The number of carbonyl (C=O) groups is 1. The Hall–Kier alpha value is -3.37. The summed E-state index contributed by atoms with van der Waals surface area (Å²) in [5.41, 5.74) is 6.66. The van der Waals surface area contributed by atoms with Crippen molar-refractivity contribution in [3.05, 3.63) is 77.8 Å². The molecule has 3 aromatic rings. The number of nitrogens with zero attached hydrogens (tertiary/aromatic N) is 3. The molecule has 0 saturated carbocycles. The van der Waals surface area contributed by atoms with E-state index in [9.17, 15) is 18.0 Å². The van der Waals surface area contributed by atoms with Crippen LogP contribution >= 0.6 is 0 Å². The molecule has 1 aromatic heterocycles. The number of ether oxygens (including phenoxy) is 1. The van der Waals surface area contributed by atoms with Crippen LogP contribution in [0, 0.1) is 17.0 Å². The molecule has 2 aromatic carbocycles. The minimum atomic E-state index is -0.727. The van der Waals surface area contributed by atoms with Crippen LogP contribution in [-0.4, -0.2) is 59.0 Å². The quantitative estimate of drug-likeness (QED) is 0.320. The summed E-state index contributed by atoms with van der Waals surface area (Å²) in [6.45, 7) is 6.97. The first-order chi connectivity index (χ1) is 19.6. The van der Waals surface area contributed by atoms with Crippen LogP contribution in [0.25, 0.3) is 11.3 Å². The number of urea groups is 1. The zero-order chi connectivity index (χ0) is 29.6. The van der Waals surface area contributed by atoms with Crippen molar-refractivity contribution in [2.45, 2.75) is 64.7 Å². The van der Waals surface area contributed by atoms with Gasteiger partial charge in [-0.3, -0.25) is 0 Å². The van der Waals surface area contributed by atoms with E-state index < -0.39 is 35.8 Å². The average molecular weight is 572 g/mol. The monoisotopic (exact) mass is 571 g/mol. The number of nitrogens with two attached hydrogens (primary N) is 1. The standard InChI is InChI=1S/C31H40F3N5O2/c1-31(2,3)28(39(14-11-23(35)18-32)30(40)36-24-12-15-41-16-13-24)29-37-27(25-17-22(33)9-10-26(25)34)20-38(29)19-21-7-5-4-6-8-21/h4-10,17,20,23-24,28H,11-16,18-19,35H2,1-3H3,(H,36,40)/t23?,28-/m0/s1. The van der Waals surface area contributed by atoms with Crippen molar-refractivity contribution in [2.24, 2.45) is 11.1 Å². The van der Waals surface area contributed by atoms with Crippen LogP contribution in [0.15, 0.2) is 54.7 Å². The molecule has 1 aliphatic rings. The Labute approximate surface area is 239 Å². The smallest absolute Gasteiger partial charge is 0.318 e. The fourth-order valence-electron chi connectivity index (χ4n) is 5.20. The van der Waals surface area contributed by atoms with Gasteiger partial charge in [-0.1, -0.05) is 51.1 Å². The van der Waals surface area contributed by atoms with Crippen molar-refractivity contribution < 1.29 is 22.7 Å². The van der Waals surface area contributed by atoms with E-state index in [0.29, 0.717) is 38.4 Å². The van der Waals surface area contributed by atoms with Gasteiger partial charge in [-0.25, -0.2) is 22.9 Å². The second kappa shape index (κ2) is 13.5. The van der Waals surface area contributed by atoms with Crippen molar-refractivity contribution >= 4 is 6.03 Å². The molecule has 1 saturated heterocycles. The lowest BCUT2D eigenvalue weighted by Crippen LogP contribution is -2.51. The normalized spacial score (nSPS) is 15.9. The molecule has 2 amide bonds. The van der Waals surface area contributed by atoms with E-state index in [-0.39, 0.29) is 36.3 Å².